The molecular weight excluding hydrogens is 419 g/mol. The van der Waals surface area contributed by atoms with Crippen LogP contribution in [0.25, 0.3) is 10.9 Å². The normalized spacial score (nSPS) is 18.3. The predicted octanol–water partition coefficient (Wildman–Crippen LogP) is 4.99. The molecule has 1 saturated carbocycles. The number of ether oxygens (including phenoxy) is 1. The van der Waals surface area contributed by atoms with Gasteiger partial charge in [-0.1, -0.05) is 6.07 Å². The van der Waals surface area contributed by atoms with Gasteiger partial charge in [0, 0.05) is 6.04 Å². The molecule has 33 heavy (non-hydrogen) atoms. The van der Waals surface area contributed by atoms with Crippen molar-refractivity contribution in [3.63, 3.8) is 0 Å². The standard InChI is InChI=1S/C26H27FN4O2/c1-17-2-4-22(27)24(21(17)15-28)33-19-3-5-23-20(14-19)25(32)31(16-30-23)18-6-8-26(9-7-18)10-12-29-13-11-26/h2-5,14,16,18,29H,6-13H2,1H3. The number of piperidine rings is 1. The average molecular weight is 447 g/mol. The maximum Gasteiger partial charge on any atom is 0.261 e. The maximum absolute atomic E-state index is 14.4. The molecular formula is C26H27FN4O2. The highest BCUT2D eigenvalue weighted by Gasteiger charge is 2.36. The molecule has 0 radical (unpaired) electrons. The number of halogens is 1. The monoisotopic (exact) mass is 446 g/mol. The molecule has 2 fully saturated rings. The molecule has 0 unspecified atom stereocenters. The van der Waals surface area contributed by atoms with Crippen LogP contribution in [0.3, 0.4) is 0 Å². The van der Waals surface area contributed by atoms with Gasteiger partial charge in [0.25, 0.3) is 5.56 Å². The van der Waals surface area contributed by atoms with E-state index in [0.29, 0.717) is 27.6 Å². The Labute approximate surface area is 192 Å². The van der Waals surface area contributed by atoms with Crippen LogP contribution in [0.4, 0.5) is 4.39 Å². The molecule has 2 aliphatic rings. The quantitative estimate of drug-likeness (QED) is 0.613. The third kappa shape index (κ3) is 4.00. The van der Waals surface area contributed by atoms with E-state index in [9.17, 15) is 14.4 Å². The number of hydrogen-bond donors (Lipinski definition) is 1. The van der Waals surface area contributed by atoms with Crippen LogP contribution in [0.15, 0.2) is 41.5 Å². The zero-order chi connectivity index (χ0) is 23.0. The van der Waals surface area contributed by atoms with Crippen molar-refractivity contribution in [3.8, 4) is 17.6 Å². The first-order chi connectivity index (χ1) is 16.0. The zero-order valence-corrected chi connectivity index (χ0v) is 18.7. The second kappa shape index (κ2) is 8.60. The lowest BCUT2D eigenvalue weighted by Crippen LogP contribution is -2.40. The summed E-state index contributed by atoms with van der Waals surface area (Å²) in [6.45, 7) is 3.89. The first-order valence-corrected chi connectivity index (χ1v) is 11.6. The smallest absolute Gasteiger partial charge is 0.261 e. The van der Waals surface area contributed by atoms with Gasteiger partial charge in [-0.15, -0.1) is 0 Å². The van der Waals surface area contributed by atoms with Gasteiger partial charge in [0.2, 0.25) is 0 Å². The van der Waals surface area contributed by atoms with E-state index >= 15 is 0 Å². The zero-order valence-electron chi connectivity index (χ0n) is 18.7. The summed E-state index contributed by atoms with van der Waals surface area (Å²) < 4.78 is 21.9. The van der Waals surface area contributed by atoms with Gasteiger partial charge in [-0.25, -0.2) is 9.37 Å². The van der Waals surface area contributed by atoms with Gasteiger partial charge in [-0.05, 0) is 93.8 Å². The van der Waals surface area contributed by atoms with E-state index in [4.69, 9.17) is 4.74 Å². The lowest BCUT2D eigenvalue weighted by molar-refractivity contribution is 0.107. The van der Waals surface area contributed by atoms with Gasteiger partial charge in [0.15, 0.2) is 11.6 Å². The van der Waals surface area contributed by atoms with Gasteiger partial charge in [0.1, 0.15) is 17.4 Å². The van der Waals surface area contributed by atoms with Gasteiger partial charge in [-0.2, -0.15) is 5.26 Å². The topological polar surface area (TPSA) is 79.9 Å². The molecule has 1 aliphatic heterocycles. The number of benzene rings is 2. The van der Waals surface area contributed by atoms with Crippen LogP contribution in [-0.2, 0) is 0 Å². The number of nitrogens with zero attached hydrogens (tertiary/aromatic N) is 3. The largest absolute Gasteiger partial charge is 0.453 e. The molecule has 2 aromatic carbocycles. The molecule has 1 aliphatic carbocycles. The van der Waals surface area contributed by atoms with E-state index in [-0.39, 0.29) is 22.9 Å². The van der Waals surface area contributed by atoms with Crippen molar-refractivity contribution in [2.24, 2.45) is 5.41 Å². The van der Waals surface area contributed by atoms with Crippen LogP contribution < -0.4 is 15.6 Å². The molecule has 1 spiro atoms. The number of hydrogen-bond acceptors (Lipinski definition) is 5. The Morgan fingerprint density at radius 1 is 1.18 bits per heavy atom. The van der Waals surface area contributed by atoms with Gasteiger partial charge in [0.05, 0.1) is 17.2 Å². The van der Waals surface area contributed by atoms with Crippen LogP contribution in [0, 0.1) is 29.5 Å². The minimum atomic E-state index is -0.616. The molecule has 7 heteroatoms. The summed E-state index contributed by atoms with van der Waals surface area (Å²) >= 11 is 0. The molecule has 0 atom stereocenters. The molecule has 2 heterocycles. The summed E-state index contributed by atoms with van der Waals surface area (Å²) in [7, 11) is 0. The molecule has 6 nitrogen and oxygen atoms in total. The summed E-state index contributed by atoms with van der Waals surface area (Å²) in [5, 5.41) is 13.3. The predicted molar refractivity (Wildman–Crippen MR) is 124 cm³/mol. The Balaban J connectivity index is 1.44. The van der Waals surface area contributed by atoms with Crippen molar-refractivity contribution >= 4 is 10.9 Å². The molecule has 170 valence electrons. The summed E-state index contributed by atoms with van der Waals surface area (Å²) in [5.74, 6) is -0.437. The summed E-state index contributed by atoms with van der Waals surface area (Å²) in [4.78, 5) is 17.9. The molecule has 1 saturated heterocycles. The van der Waals surface area contributed by atoms with Gasteiger partial charge >= 0.3 is 0 Å². The molecule has 5 rings (SSSR count). The summed E-state index contributed by atoms with van der Waals surface area (Å²) in [5.41, 5.74) is 1.66. The Morgan fingerprint density at radius 3 is 2.67 bits per heavy atom. The Morgan fingerprint density at radius 2 is 1.94 bits per heavy atom. The van der Waals surface area contributed by atoms with Crippen LogP contribution in [0.1, 0.15) is 55.7 Å². The van der Waals surface area contributed by atoms with Crippen molar-refractivity contribution in [1.29, 1.82) is 5.26 Å². The van der Waals surface area contributed by atoms with Crippen LogP contribution in [0.2, 0.25) is 0 Å². The average Bonchev–Trinajstić information content (AvgIpc) is 2.83. The van der Waals surface area contributed by atoms with Crippen molar-refractivity contribution in [2.45, 2.75) is 51.5 Å². The van der Waals surface area contributed by atoms with Crippen LogP contribution in [-0.4, -0.2) is 22.6 Å². The van der Waals surface area contributed by atoms with Crippen molar-refractivity contribution in [2.75, 3.05) is 13.1 Å². The summed E-state index contributed by atoms with van der Waals surface area (Å²) in [6, 6.07) is 9.90. The first kappa shape index (κ1) is 21.6. The second-order valence-corrected chi connectivity index (χ2v) is 9.40. The fraction of sp³-hybridized carbons (Fsp3) is 0.423. The number of nitriles is 1. The Hall–Kier alpha value is -3.24. The van der Waals surface area contributed by atoms with E-state index in [1.807, 2.05) is 6.07 Å². The molecule has 3 aromatic rings. The first-order valence-electron chi connectivity index (χ1n) is 11.6. The highest BCUT2D eigenvalue weighted by atomic mass is 19.1. The van der Waals surface area contributed by atoms with E-state index in [1.54, 1.807) is 42.1 Å². The SMILES string of the molecule is Cc1ccc(F)c(Oc2ccc3ncn(C4CCC5(CCNCC5)CC4)c(=O)c3c2)c1C#N. The van der Waals surface area contributed by atoms with Crippen molar-refractivity contribution in [1.82, 2.24) is 14.9 Å². The minimum Gasteiger partial charge on any atom is -0.453 e. The molecule has 1 N–H and O–H groups in total. The number of fused-ring (bicyclic) bond motifs is 1. The molecule has 0 bridgehead atoms. The summed E-state index contributed by atoms with van der Waals surface area (Å²) in [6.07, 6.45) is 8.31. The van der Waals surface area contributed by atoms with E-state index in [0.717, 1.165) is 38.8 Å². The lowest BCUT2D eigenvalue weighted by Gasteiger charge is -2.43. The Kier molecular flexibility index (Phi) is 5.63. The molecule has 1 aromatic heterocycles. The number of aromatic nitrogens is 2. The third-order valence-electron chi connectivity index (χ3n) is 7.48. The fourth-order valence-corrected chi connectivity index (χ4v) is 5.40. The Bertz CT molecular complexity index is 1290. The second-order valence-electron chi connectivity index (χ2n) is 9.40. The van der Waals surface area contributed by atoms with Crippen molar-refractivity contribution in [3.05, 3.63) is 64.0 Å². The maximum atomic E-state index is 14.4. The third-order valence-corrected chi connectivity index (χ3v) is 7.48. The van der Waals surface area contributed by atoms with E-state index < -0.39 is 5.82 Å². The number of rotatable bonds is 3. The van der Waals surface area contributed by atoms with E-state index in [1.165, 1.54) is 18.9 Å². The number of nitrogens with one attached hydrogen (secondary N) is 1. The van der Waals surface area contributed by atoms with Gasteiger partial charge < -0.3 is 10.1 Å². The van der Waals surface area contributed by atoms with Gasteiger partial charge in [-0.3, -0.25) is 9.36 Å². The van der Waals surface area contributed by atoms with Crippen LogP contribution in [0.5, 0.6) is 11.5 Å². The highest BCUT2D eigenvalue weighted by Crippen LogP contribution is 2.46. The highest BCUT2D eigenvalue weighted by molar-refractivity contribution is 5.79. The lowest BCUT2D eigenvalue weighted by atomic mass is 9.67. The number of aryl methyl sites for hydroxylation is 1. The fourth-order valence-electron chi connectivity index (χ4n) is 5.40. The van der Waals surface area contributed by atoms with E-state index in [2.05, 4.69) is 10.3 Å². The van der Waals surface area contributed by atoms with Crippen LogP contribution >= 0.6 is 0 Å². The van der Waals surface area contributed by atoms with Crippen molar-refractivity contribution < 1.29 is 9.13 Å². The minimum absolute atomic E-state index is 0.109. The molecule has 0 amide bonds.